The van der Waals surface area contributed by atoms with Gasteiger partial charge in [-0.25, -0.2) is 15.0 Å². The Balaban J connectivity index is 0.00000196. The fourth-order valence-corrected chi connectivity index (χ4v) is 4.27. The Morgan fingerprint density at radius 3 is 3.08 bits per heavy atom. The molecule has 1 aliphatic heterocycles. The zero-order valence-corrected chi connectivity index (χ0v) is 15.9. The number of carbonyl (C=O) groups excluding carboxylic acids is 1. The number of H-pyrrole nitrogens is 1. The highest BCUT2D eigenvalue weighted by atomic mass is 35.5. The molecule has 4 rings (SSSR count). The molecule has 0 radical (unpaired) electrons. The van der Waals surface area contributed by atoms with Crippen molar-refractivity contribution in [3.8, 4) is 0 Å². The molecule has 1 amide bonds. The minimum absolute atomic E-state index is 0. The number of anilines is 1. The van der Waals surface area contributed by atoms with Crippen LogP contribution in [0.15, 0.2) is 23.8 Å². The first kappa shape index (κ1) is 18.9. The summed E-state index contributed by atoms with van der Waals surface area (Å²) in [6, 6.07) is 0.365. The van der Waals surface area contributed by atoms with Crippen LogP contribution in [0.5, 0.6) is 0 Å². The first-order chi connectivity index (χ1) is 12.2. The SMILES string of the molecule is Cl.N[C@@H]1CCC[C@H](NC(=O)C2=CN(c3ncnc4nc[nH]c34)CCS2)C1. The summed E-state index contributed by atoms with van der Waals surface area (Å²) < 4.78 is 0. The number of aromatic amines is 1. The molecule has 1 aliphatic carbocycles. The molecule has 0 saturated heterocycles. The van der Waals surface area contributed by atoms with Crippen molar-refractivity contribution in [1.29, 1.82) is 0 Å². The van der Waals surface area contributed by atoms with E-state index in [2.05, 4.69) is 25.3 Å². The molecule has 3 heterocycles. The minimum Gasteiger partial charge on any atom is -0.349 e. The maximum atomic E-state index is 12.6. The second kappa shape index (κ2) is 8.24. The molecule has 1 fully saturated rings. The van der Waals surface area contributed by atoms with Crippen molar-refractivity contribution in [2.75, 3.05) is 17.2 Å². The third kappa shape index (κ3) is 3.94. The average molecular weight is 396 g/mol. The van der Waals surface area contributed by atoms with Crippen molar-refractivity contribution >= 4 is 47.1 Å². The molecule has 2 aromatic heterocycles. The van der Waals surface area contributed by atoms with E-state index in [0.29, 0.717) is 10.6 Å². The van der Waals surface area contributed by atoms with Gasteiger partial charge in [0.1, 0.15) is 11.8 Å². The summed E-state index contributed by atoms with van der Waals surface area (Å²) in [5.41, 5.74) is 7.42. The molecular formula is C16H22ClN7OS. The molecular weight excluding hydrogens is 374 g/mol. The number of carbonyl (C=O) groups is 1. The molecule has 0 bridgehead atoms. The third-order valence-electron chi connectivity index (χ3n) is 4.61. The lowest BCUT2D eigenvalue weighted by Crippen LogP contribution is -2.43. The molecule has 140 valence electrons. The summed E-state index contributed by atoms with van der Waals surface area (Å²) in [6.45, 7) is 0.779. The number of hydrogen-bond donors (Lipinski definition) is 3. The monoisotopic (exact) mass is 395 g/mol. The van der Waals surface area contributed by atoms with E-state index in [1.165, 1.54) is 6.33 Å². The van der Waals surface area contributed by atoms with Gasteiger partial charge in [0.15, 0.2) is 11.5 Å². The summed E-state index contributed by atoms with van der Waals surface area (Å²) in [5, 5.41) is 3.14. The molecule has 2 atom stereocenters. The molecule has 1 saturated carbocycles. The Hall–Kier alpha value is -1.84. The van der Waals surface area contributed by atoms with Gasteiger partial charge >= 0.3 is 0 Å². The number of nitrogens with zero attached hydrogens (tertiary/aromatic N) is 4. The molecule has 26 heavy (non-hydrogen) atoms. The van der Waals surface area contributed by atoms with Crippen molar-refractivity contribution in [3.63, 3.8) is 0 Å². The summed E-state index contributed by atoms with van der Waals surface area (Å²) in [7, 11) is 0. The van der Waals surface area contributed by atoms with Crippen LogP contribution in [0.25, 0.3) is 11.2 Å². The summed E-state index contributed by atoms with van der Waals surface area (Å²) in [5.74, 6) is 1.54. The van der Waals surface area contributed by atoms with E-state index in [4.69, 9.17) is 5.73 Å². The number of hydrogen-bond acceptors (Lipinski definition) is 7. The van der Waals surface area contributed by atoms with Crippen LogP contribution in [0.2, 0.25) is 0 Å². The number of rotatable bonds is 3. The van der Waals surface area contributed by atoms with E-state index < -0.39 is 0 Å². The van der Waals surface area contributed by atoms with Crippen LogP contribution in [-0.2, 0) is 4.79 Å². The fourth-order valence-electron chi connectivity index (χ4n) is 3.37. The Morgan fingerprint density at radius 1 is 1.35 bits per heavy atom. The van der Waals surface area contributed by atoms with Crippen molar-refractivity contribution in [1.82, 2.24) is 25.3 Å². The molecule has 2 aromatic rings. The maximum Gasteiger partial charge on any atom is 0.259 e. The molecule has 2 aliphatic rings. The quantitative estimate of drug-likeness (QED) is 0.722. The Morgan fingerprint density at radius 2 is 2.23 bits per heavy atom. The summed E-state index contributed by atoms with van der Waals surface area (Å²) >= 11 is 1.57. The van der Waals surface area contributed by atoms with Gasteiger partial charge in [-0.1, -0.05) is 0 Å². The fraction of sp³-hybridized carbons (Fsp3) is 0.500. The van der Waals surface area contributed by atoms with Gasteiger partial charge in [0.2, 0.25) is 0 Å². The van der Waals surface area contributed by atoms with Gasteiger partial charge < -0.3 is 20.9 Å². The zero-order chi connectivity index (χ0) is 17.2. The molecule has 10 heteroatoms. The Bertz CT molecular complexity index is 811. The zero-order valence-electron chi connectivity index (χ0n) is 14.2. The van der Waals surface area contributed by atoms with Crippen molar-refractivity contribution in [3.05, 3.63) is 23.8 Å². The van der Waals surface area contributed by atoms with Gasteiger partial charge in [0, 0.05) is 30.6 Å². The van der Waals surface area contributed by atoms with Gasteiger partial charge in [0.25, 0.3) is 5.91 Å². The molecule has 0 unspecified atom stereocenters. The number of aromatic nitrogens is 4. The number of halogens is 1. The molecule has 4 N–H and O–H groups in total. The number of thioether (sulfide) groups is 1. The second-order valence-corrected chi connectivity index (χ2v) is 7.57. The van der Waals surface area contributed by atoms with Crippen molar-refractivity contribution in [2.45, 2.75) is 37.8 Å². The van der Waals surface area contributed by atoms with Crippen LogP contribution < -0.4 is 16.0 Å². The Kier molecular flexibility index (Phi) is 6.00. The Labute approximate surface area is 161 Å². The van der Waals surface area contributed by atoms with Crippen LogP contribution in [0, 0.1) is 0 Å². The molecule has 0 aromatic carbocycles. The van der Waals surface area contributed by atoms with Gasteiger partial charge in [0.05, 0.1) is 11.2 Å². The van der Waals surface area contributed by atoms with E-state index in [-0.39, 0.29) is 30.4 Å². The maximum absolute atomic E-state index is 12.6. The number of imidazole rings is 1. The van der Waals surface area contributed by atoms with E-state index >= 15 is 0 Å². The highest BCUT2D eigenvalue weighted by molar-refractivity contribution is 8.04. The van der Waals surface area contributed by atoms with Crippen LogP contribution >= 0.6 is 24.2 Å². The first-order valence-corrected chi connectivity index (χ1v) is 9.51. The topological polar surface area (TPSA) is 113 Å². The first-order valence-electron chi connectivity index (χ1n) is 8.52. The largest absolute Gasteiger partial charge is 0.349 e. The standard InChI is InChI=1S/C16H21N7OS.ClH/c17-10-2-1-3-11(6-10)22-16(24)12-7-23(4-5-25-12)15-13-14(19-8-18-13)20-9-21-15;/h7-11H,1-6,17H2,(H,22,24)(H,18,19,20,21);1H/t10-,11+;/m1./s1. The number of nitrogens with one attached hydrogen (secondary N) is 2. The van der Waals surface area contributed by atoms with Crippen molar-refractivity contribution < 1.29 is 4.79 Å². The van der Waals surface area contributed by atoms with Crippen LogP contribution in [0.1, 0.15) is 25.7 Å². The van der Waals surface area contributed by atoms with Crippen LogP contribution in [0.4, 0.5) is 5.82 Å². The smallest absolute Gasteiger partial charge is 0.259 e. The molecule has 8 nitrogen and oxygen atoms in total. The van der Waals surface area contributed by atoms with Gasteiger partial charge in [-0.2, -0.15) is 0 Å². The lowest BCUT2D eigenvalue weighted by molar-refractivity contribution is -0.117. The van der Waals surface area contributed by atoms with Gasteiger partial charge in [-0.3, -0.25) is 4.79 Å². The highest BCUT2D eigenvalue weighted by Crippen LogP contribution is 2.28. The van der Waals surface area contributed by atoms with E-state index in [1.54, 1.807) is 18.1 Å². The summed E-state index contributed by atoms with van der Waals surface area (Å²) in [6.07, 6.45) is 8.95. The normalized spacial score (nSPS) is 23.3. The lowest BCUT2D eigenvalue weighted by Gasteiger charge is -2.29. The van der Waals surface area contributed by atoms with Gasteiger partial charge in [-0.05, 0) is 25.7 Å². The predicted octanol–water partition coefficient (Wildman–Crippen LogP) is 1.56. The number of amides is 1. The van der Waals surface area contributed by atoms with E-state index in [0.717, 1.165) is 49.3 Å². The highest BCUT2D eigenvalue weighted by Gasteiger charge is 2.25. The lowest BCUT2D eigenvalue weighted by atomic mass is 9.91. The van der Waals surface area contributed by atoms with E-state index in [9.17, 15) is 4.79 Å². The number of fused-ring (bicyclic) bond motifs is 1. The van der Waals surface area contributed by atoms with Crippen molar-refractivity contribution in [2.24, 2.45) is 5.73 Å². The van der Waals surface area contributed by atoms with E-state index in [1.807, 2.05) is 11.1 Å². The third-order valence-corrected chi connectivity index (χ3v) is 5.60. The van der Waals surface area contributed by atoms with Crippen LogP contribution in [-0.4, -0.2) is 50.2 Å². The van der Waals surface area contributed by atoms with Crippen LogP contribution in [0.3, 0.4) is 0 Å². The number of nitrogens with two attached hydrogens (primary N) is 1. The summed E-state index contributed by atoms with van der Waals surface area (Å²) in [4.78, 5) is 31.1. The van der Waals surface area contributed by atoms with Gasteiger partial charge in [-0.15, -0.1) is 24.2 Å². The minimum atomic E-state index is -0.0243. The second-order valence-electron chi connectivity index (χ2n) is 6.43. The average Bonchev–Trinajstić information content (AvgIpc) is 3.10. The molecule has 0 spiro atoms. The predicted molar refractivity (Wildman–Crippen MR) is 105 cm³/mol.